The fourth-order valence-corrected chi connectivity index (χ4v) is 7.42. The van der Waals surface area contributed by atoms with Crippen LogP contribution in [0.4, 0.5) is 0 Å². The number of benzene rings is 3. The lowest BCUT2D eigenvalue weighted by molar-refractivity contribution is -0.120. The molecule has 3 nitrogen and oxygen atoms in total. The van der Waals surface area contributed by atoms with Gasteiger partial charge < -0.3 is 9.47 Å². The summed E-state index contributed by atoms with van der Waals surface area (Å²) in [5, 5.41) is 2.24. The molecule has 4 saturated carbocycles. The number of hydrogen-bond donors (Lipinski definition) is 0. The van der Waals surface area contributed by atoms with E-state index < -0.39 is 0 Å². The fraction of sp³-hybridized carbons (Fsp3) is 0.393. The van der Waals surface area contributed by atoms with Gasteiger partial charge in [-0.05, 0) is 96.2 Å². The Morgan fingerprint density at radius 2 is 1.55 bits per heavy atom. The summed E-state index contributed by atoms with van der Waals surface area (Å²) < 4.78 is 11.3. The third kappa shape index (κ3) is 2.97. The summed E-state index contributed by atoms with van der Waals surface area (Å²) in [6.07, 6.45) is 8.11. The molecule has 31 heavy (non-hydrogen) atoms. The topological polar surface area (TPSA) is 35.5 Å². The first-order valence-electron chi connectivity index (χ1n) is 11.5. The number of methoxy groups -OCH3 is 1. The predicted molar refractivity (Wildman–Crippen MR) is 122 cm³/mol. The second-order valence-corrected chi connectivity index (χ2v) is 9.99. The van der Waals surface area contributed by atoms with Crippen LogP contribution in [0.1, 0.15) is 44.1 Å². The van der Waals surface area contributed by atoms with Crippen molar-refractivity contribution in [1.82, 2.24) is 0 Å². The van der Waals surface area contributed by atoms with Crippen molar-refractivity contribution in [2.24, 2.45) is 17.8 Å². The van der Waals surface area contributed by atoms with E-state index in [1.54, 1.807) is 7.11 Å². The van der Waals surface area contributed by atoms with Gasteiger partial charge in [0.2, 0.25) is 0 Å². The molecule has 0 N–H and O–H groups in total. The molecule has 0 atom stereocenters. The summed E-state index contributed by atoms with van der Waals surface area (Å²) in [5.41, 5.74) is 3.67. The van der Waals surface area contributed by atoms with Crippen molar-refractivity contribution in [3.8, 4) is 22.6 Å². The third-order valence-electron chi connectivity index (χ3n) is 8.16. The van der Waals surface area contributed by atoms with Crippen molar-refractivity contribution < 1.29 is 14.3 Å². The summed E-state index contributed by atoms with van der Waals surface area (Å²) in [6, 6.07) is 18.8. The van der Waals surface area contributed by atoms with Crippen molar-refractivity contribution in [2.45, 2.75) is 43.9 Å². The van der Waals surface area contributed by atoms with E-state index >= 15 is 0 Å². The molecule has 3 aromatic rings. The number of rotatable bonds is 5. The summed E-state index contributed by atoms with van der Waals surface area (Å²) >= 11 is 0. The monoisotopic (exact) mass is 412 g/mol. The van der Waals surface area contributed by atoms with Gasteiger partial charge in [0.25, 0.3) is 6.47 Å². The van der Waals surface area contributed by atoms with Crippen LogP contribution < -0.4 is 9.47 Å². The molecule has 0 aromatic heterocycles. The Morgan fingerprint density at radius 1 is 0.871 bits per heavy atom. The molecule has 0 amide bonds. The van der Waals surface area contributed by atoms with Crippen LogP contribution in [0, 0.1) is 17.8 Å². The molecule has 0 saturated heterocycles. The third-order valence-corrected chi connectivity index (χ3v) is 8.16. The summed E-state index contributed by atoms with van der Waals surface area (Å²) in [7, 11) is 1.79. The lowest BCUT2D eigenvalue weighted by Crippen LogP contribution is -2.48. The van der Waals surface area contributed by atoms with Crippen LogP contribution in [-0.2, 0) is 10.2 Å². The van der Waals surface area contributed by atoms with Crippen LogP contribution in [0.5, 0.6) is 11.5 Å². The van der Waals surface area contributed by atoms with Gasteiger partial charge in [0.15, 0.2) is 0 Å². The Morgan fingerprint density at radius 3 is 2.23 bits per heavy atom. The molecule has 0 heterocycles. The SMILES string of the molecule is COc1ccc(-c2c(OC=O)ccc3ccccc23)cc1C12CC3CC(CC(C3)C1)C2. The van der Waals surface area contributed by atoms with Crippen molar-refractivity contribution in [2.75, 3.05) is 7.11 Å². The van der Waals surface area contributed by atoms with Gasteiger partial charge >= 0.3 is 0 Å². The molecule has 3 heteroatoms. The highest BCUT2D eigenvalue weighted by Crippen LogP contribution is 2.62. The molecule has 158 valence electrons. The lowest BCUT2D eigenvalue weighted by Gasteiger charge is -2.57. The van der Waals surface area contributed by atoms with Crippen LogP contribution in [-0.4, -0.2) is 13.6 Å². The molecule has 0 aliphatic heterocycles. The van der Waals surface area contributed by atoms with E-state index in [4.69, 9.17) is 9.47 Å². The van der Waals surface area contributed by atoms with E-state index in [0.29, 0.717) is 12.2 Å². The van der Waals surface area contributed by atoms with Gasteiger partial charge in [-0.2, -0.15) is 0 Å². The van der Waals surface area contributed by atoms with Crippen LogP contribution >= 0.6 is 0 Å². The van der Waals surface area contributed by atoms with Gasteiger partial charge in [-0.15, -0.1) is 0 Å². The highest BCUT2D eigenvalue weighted by atomic mass is 16.5. The normalized spacial score (nSPS) is 28.6. The highest BCUT2D eigenvalue weighted by Gasteiger charge is 2.52. The molecule has 0 spiro atoms. The Labute approximate surface area is 183 Å². The van der Waals surface area contributed by atoms with Gasteiger partial charge in [0, 0.05) is 11.1 Å². The van der Waals surface area contributed by atoms with E-state index in [2.05, 4.69) is 30.3 Å². The van der Waals surface area contributed by atoms with E-state index in [9.17, 15) is 4.79 Å². The highest BCUT2D eigenvalue weighted by molar-refractivity contribution is 6.00. The standard InChI is InChI=1S/C28H28O3/c1-30-25-8-7-22(27-23-5-3-2-4-21(23)6-9-26(27)31-17-29)13-24(25)28-14-18-10-19(15-28)12-20(11-18)16-28/h2-9,13,17-20H,10-12,14-16H2,1H3. The average molecular weight is 413 g/mol. The Balaban J connectivity index is 1.55. The van der Waals surface area contributed by atoms with Gasteiger partial charge in [-0.25, -0.2) is 0 Å². The fourth-order valence-electron chi connectivity index (χ4n) is 7.42. The molecule has 3 aromatic carbocycles. The first kappa shape index (κ1) is 18.9. The molecular weight excluding hydrogens is 384 g/mol. The minimum absolute atomic E-state index is 0.229. The van der Waals surface area contributed by atoms with E-state index in [1.807, 2.05) is 24.3 Å². The molecule has 4 bridgehead atoms. The van der Waals surface area contributed by atoms with Crippen molar-refractivity contribution in [3.05, 3.63) is 60.2 Å². The molecule has 0 radical (unpaired) electrons. The first-order valence-corrected chi connectivity index (χ1v) is 11.5. The Bertz CT molecular complexity index is 1130. The van der Waals surface area contributed by atoms with Gasteiger partial charge in [0.05, 0.1) is 7.11 Å². The summed E-state index contributed by atoms with van der Waals surface area (Å²) in [5.74, 6) is 4.21. The number of hydrogen-bond acceptors (Lipinski definition) is 3. The van der Waals surface area contributed by atoms with Crippen LogP contribution in [0.25, 0.3) is 21.9 Å². The molecular formula is C28H28O3. The van der Waals surface area contributed by atoms with Crippen LogP contribution in [0.2, 0.25) is 0 Å². The van der Waals surface area contributed by atoms with Crippen LogP contribution in [0.3, 0.4) is 0 Å². The molecule has 4 aliphatic carbocycles. The minimum Gasteiger partial charge on any atom is -0.496 e. The largest absolute Gasteiger partial charge is 0.496 e. The zero-order valence-corrected chi connectivity index (χ0v) is 18.0. The Kier molecular flexibility index (Phi) is 4.34. The summed E-state index contributed by atoms with van der Waals surface area (Å²) in [4.78, 5) is 11.2. The van der Waals surface area contributed by atoms with Crippen LogP contribution in [0.15, 0.2) is 54.6 Å². The van der Waals surface area contributed by atoms with Crippen molar-refractivity contribution >= 4 is 17.2 Å². The van der Waals surface area contributed by atoms with E-state index in [1.165, 1.54) is 44.1 Å². The molecule has 4 aliphatic rings. The quantitative estimate of drug-likeness (QED) is 0.448. The zero-order chi connectivity index (χ0) is 21.0. The van der Waals surface area contributed by atoms with Gasteiger partial charge in [-0.3, -0.25) is 4.79 Å². The maximum atomic E-state index is 11.2. The molecule has 7 rings (SSSR count). The van der Waals surface area contributed by atoms with Crippen molar-refractivity contribution in [1.29, 1.82) is 0 Å². The van der Waals surface area contributed by atoms with Gasteiger partial charge in [-0.1, -0.05) is 36.4 Å². The smallest absolute Gasteiger partial charge is 0.298 e. The van der Waals surface area contributed by atoms with E-state index in [0.717, 1.165) is 45.4 Å². The molecule has 0 unspecified atom stereocenters. The average Bonchev–Trinajstić information content (AvgIpc) is 2.78. The summed E-state index contributed by atoms with van der Waals surface area (Å²) in [6.45, 7) is 0.525. The van der Waals surface area contributed by atoms with Crippen molar-refractivity contribution in [3.63, 3.8) is 0 Å². The molecule has 4 fully saturated rings. The number of carbonyl (C=O) groups excluding carboxylic acids is 1. The number of ether oxygens (including phenoxy) is 2. The minimum atomic E-state index is 0.229. The van der Waals surface area contributed by atoms with E-state index in [-0.39, 0.29) is 5.41 Å². The predicted octanol–water partition coefficient (Wildman–Crippen LogP) is 6.52. The first-order chi connectivity index (χ1) is 15.2. The zero-order valence-electron chi connectivity index (χ0n) is 18.0. The Hall–Kier alpha value is -2.81. The second kappa shape index (κ2) is 7.12. The van der Waals surface area contributed by atoms with Gasteiger partial charge in [0.1, 0.15) is 11.5 Å². The second-order valence-electron chi connectivity index (χ2n) is 9.99. The maximum Gasteiger partial charge on any atom is 0.298 e. The maximum absolute atomic E-state index is 11.2. The lowest BCUT2D eigenvalue weighted by atomic mass is 9.48. The number of fused-ring (bicyclic) bond motifs is 1. The number of carbonyl (C=O) groups is 1.